The zero-order valence-electron chi connectivity index (χ0n) is 12.2. The summed E-state index contributed by atoms with van der Waals surface area (Å²) in [7, 11) is -1.62. The Bertz CT molecular complexity index is 738. The second kappa shape index (κ2) is 7.02. The summed E-state index contributed by atoms with van der Waals surface area (Å²) in [6.07, 6.45) is 0.375. The van der Waals surface area contributed by atoms with Crippen LogP contribution in [0, 0.1) is 0 Å². The molecule has 10 heteroatoms. The highest BCUT2D eigenvalue weighted by Crippen LogP contribution is 2.19. The number of amides is 1. The first-order chi connectivity index (χ1) is 10.7. The molecule has 0 aliphatic carbocycles. The molecule has 1 aliphatic heterocycles. The zero-order chi connectivity index (χ0) is 17.2. The number of ether oxygens (including phenoxy) is 1. The van der Waals surface area contributed by atoms with E-state index in [-0.39, 0.29) is 27.4 Å². The van der Waals surface area contributed by atoms with E-state index in [0.29, 0.717) is 6.42 Å². The third-order valence-electron chi connectivity index (χ3n) is 3.48. The van der Waals surface area contributed by atoms with Crippen LogP contribution in [0.3, 0.4) is 0 Å². The van der Waals surface area contributed by atoms with Crippen LogP contribution in [0.1, 0.15) is 16.9 Å². The van der Waals surface area contributed by atoms with Gasteiger partial charge in [-0.05, 0) is 18.6 Å². The Morgan fingerprint density at radius 3 is 2.70 bits per heavy atom. The van der Waals surface area contributed by atoms with E-state index in [9.17, 15) is 18.0 Å². The smallest absolute Gasteiger partial charge is 0.359 e. The summed E-state index contributed by atoms with van der Waals surface area (Å²) in [6, 6.07) is 2.41. The number of nitrogens with zero attached hydrogens (tertiary/aromatic N) is 2. The predicted octanol–water partition coefficient (Wildman–Crippen LogP) is 1.19. The predicted molar refractivity (Wildman–Crippen MR) is 84.4 cm³/mol. The Kier molecular flexibility index (Phi) is 5.49. The fourth-order valence-corrected chi connectivity index (χ4v) is 4.25. The van der Waals surface area contributed by atoms with Crippen LogP contribution < -0.4 is 0 Å². The van der Waals surface area contributed by atoms with E-state index in [1.54, 1.807) is 0 Å². The van der Waals surface area contributed by atoms with Gasteiger partial charge in [-0.15, -0.1) is 0 Å². The molecule has 1 saturated heterocycles. The van der Waals surface area contributed by atoms with E-state index in [0.717, 1.165) is 0 Å². The van der Waals surface area contributed by atoms with Crippen LogP contribution in [0.25, 0.3) is 0 Å². The molecule has 1 fully saturated rings. The monoisotopic (exact) mass is 380 g/mol. The number of likely N-dealkylation sites (N-methyl/N-ethyl adjacent to an activating group) is 1. The number of pyridine rings is 1. The second-order valence-electron chi connectivity index (χ2n) is 5.10. The first kappa shape index (κ1) is 18.0. The van der Waals surface area contributed by atoms with Gasteiger partial charge in [0.1, 0.15) is 5.15 Å². The number of hydrogen-bond acceptors (Lipinski definition) is 6. The van der Waals surface area contributed by atoms with Crippen molar-refractivity contribution in [1.29, 1.82) is 0 Å². The van der Waals surface area contributed by atoms with E-state index in [1.807, 2.05) is 0 Å². The Hall–Kier alpha value is -1.38. The van der Waals surface area contributed by atoms with Gasteiger partial charge in [-0.3, -0.25) is 4.79 Å². The van der Waals surface area contributed by atoms with Crippen LogP contribution >= 0.6 is 23.2 Å². The first-order valence-corrected chi connectivity index (χ1v) is 9.22. The quantitative estimate of drug-likeness (QED) is 0.575. The minimum Gasteiger partial charge on any atom is -0.451 e. The molecule has 0 unspecified atom stereocenters. The van der Waals surface area contributed by atoms with Gasteiger partial charge in [0.2, 0.25) is 0 Å². The number of esters is 1. The van der Waals surface area contributed by atoms with Crippen LogP contribution in [0.5, 0.6) is 0 Å². The average Bonchev–Trinajstić information content (AvgIpc) is 2.86. The van der Waals surface area contributed by atoms with Gasteiger partial charge in [0.25, 0.3) is 5.91 Å². The number of hydrogen-bond donors (Lipinski definition) is 0. The summed E-state index contributed by atoms with van der Waals surface area (Å²) in [5.41, 5.74) is -0.182. The van der Waals surface area contributed by atoms with Crippen molar-refractivity contribution < 1.29 is 22.7 Å². The van der Waals surface area contributed by atoms with E-state index in [4.69, 9.17) is 27.9 Å². The lowest BCUT2D eigenvalue weighted by molar-refractivity contribution is -0.134. The largest absolute Gasteiger partial charge is 0.451 e. The SMILES string of the molecule is CN(C(=O)COC(=O)c1nc(Cl)ccc1Cl)[C@@H]1CCS(=O)(=O)C1. The third-order valence-corrected chi connectivity index (χ3v) is 5.75. The second-order valence-corrected chi connectivity index (χ2v) is 8.13. The molecule has 0 spiro atoms. The molecule has 2 heterocycles. The summed E-state index contributed by atoms with van der Waals surface area (Å²) in [6.45, 7) is -0.531. The van der Waals surface area contributed by atoms with Gasteiger partial charge in [0.05, 0.1) is 16.5 Å². The summed E-state index contributed by atoms with van der Waals surface area (Å²) in [5, 5.41) is 0.128. The lowest BCUT2D eigenvalue weighted by atomic mass is 10.2. The van der Waals surface area contributed by atoms with Crippen LogP contribution in [0.4, 0.5) is 0 Å². The highest BCUT2D eigenvalue weighted by atomic mass is 35.5. The molecule has 23 heavy (non-hydrogen) atoms. The minimum atomic E-state index is -3.10. The molecule has 126 valence electrons. The van der Waals surface area contributed by atoms with Gasteiger partial charge >= 0.3 is 5.97 Å². The Balaban J connectivity index is 1.93. The van der Waals surface area contributed by atoms with Crippen LogP contribution in [-0.4, -0.2) is 61.4 Å². The minimum absolute atomic E-state index is 0.0527. The molecular weight excluding hydrogens is 367 g/mol. The highest BCUT2D eigenvalue weighted by molar-refractivity contribution is 7.91. The fourth-order valence-electron chi connectivity index (χ4n) is 2.14. The van der Waals surface area contributed by atoms with Crippen LogP contribution in [0.2, 0.25) is 10.2 Å². The molecule has 1 aliphatic rings. The Morgan fingerprint density at radius 2 is 2.09 bits per heavy atom. The number of sulfone groups is 1. The molecule has 0 saturated carbocycles. The van der Waals surface area contributed by atoms with Gasteiger partial charge in [-0.1, -0.05) is 23.2 Å². The maximum Gasteiger partial charge on any atom is 0.359 e. The summed E-state index contributed by atoms with van der Waals surface area (Å²) < 4.78 is 27.7. The molecule has 1 aromatic rings. The van der Waals surface area contributed by atoms with E-state index in [1.165, 1.54) is 24.1 Å². The van der Waals surface area contributed by atoms with Gasteiger partial charge in [-0.2, -0.15) is 0 Å². The lowest BCUT2D eigenvalue weighted by Crippen LogP contribution is -2.40. The third kappa shape index (κ3) is 4.55. The van der Waals surface area contributed by atoms with Crippen molar-refractivity contribution in [2.24, 2.45) is 0 Å². The number of carbonyl (C=O) groups is 2. The van der Waals surface area contributed by atoms with Gasteiger partial charge < -0.3 is 9.64 Å². The van der Waals surface area contributed by atoms with Crippen molar-refractivity contribution in [3.63, 3.8) is 0 Å². The molecule has 0 aromatic carbocycles. The van der Waals surface area contributed by atoms with E-state index < -0.39 is 34.4 Å². The molecular formula is C13H14Cl2N2O5S. The molecule has 0 N–H and O–H groups in total. The van der Waals surface area contributed by atoms with Crippen molar-refractivity contribution in [3.8, 4) is 0 Å². The van der Waals surface area contributed by atoms with Crippen molar-refractivity contribution in [2.45, 2.75) is 12.5 Å². The zero-order valence-corrected chi connectivity index (χ0v) is 14.5. The molecule has 0 radical (unpaired) electrons. The van der Waals surface area contributed by atoms with Gasteiger partial charge in [0.15, 0.2) is 22.1 Å². The normalized spacial score (nSPS) is 19.3. The fraction of sp³-hybridized carbons (Fsp3) is 0.462. The molecule has 1 amide bonds. The van der Waals surface area contributed by atoms with E-state index >= 15 is 0 Å². The van der Waals surface area contributed by atoms with Gasteiger partial charge in [-0.25, -0.2) is 18.2 Å². The summed E-state index contributed by atoms with van der Waals surface area (Å²) >= 11 is 11.5. The first-order valence-electron chi connectivity index (χ1n) is 6.65. The topological polar surface area (TPSA) is 93.6 Å². The standard InChI is InChI=1S/C13H14Cl2N2O5S/c1-17(8-4-5-23(20,21)7-8)11(18)6-22-13(19)12-9(14)2-3-10(15)16-12/h2-3,8H,4-7H2,1H3/t8-/m1/s1. The maximum absolute atomic E-state index is 12.0. The molecule has 1 atom stereocenters. The number of rotatable bonds is 4. The number of carbonyl (C=O) groups excluding carboxylic acids is 2. The van der Waals surface area contributed by atoms with Crippen molar-refractivity contribution >= 4 is 44.9 Å². The van der Waals surface area contributed by atoms with E-state index in [2.05, 4.69) is 4.98 Å². The van der Waals surface area contributed by atoms with Crippen molar-refractivity contribution in [2.75, 3.05) is 25.2 Å². The number of aromatic nitrogens is 1. The molecule has 2 rings (SSSR count). The van der Waals surface area contributed by atoms with Crippen LogP contribution in [-0.2, 0) is 19.4 Å². The lowest BCUT2D eigenvalue weighted by Gasteiger charge is -2.23. The van der Waals surface area contributed by atoms with Crippen LogP contribution in [0.15, 0.2) is 12.1 Å². The maximum atomic E-state index is 12.0. The average molecular weight is 381 g/mol. The van der Waals surface area contributed by atoms with Crippen molar-refractivity contribution in [1.82, 2.24) is 9.88 Å². The van der Waals surface area contributed by atoms with Gasteiger partial charge in [0, 0.05) is 13.1 Å². The molecule has 1 aromatic heterocycles. The van der Waals surface area contributed by atoms with Crippen molar-refractivity contribution in [3.05, 3.63) is 28.0 Å². The summed E-state index contributed by atoms with van der Waals surface area (Å²) in [5.74, 6) is -1.40. The summed E-state index contributed by atoms with van der Waals surface area (Å²) in [4.78, 5) is 28.9. The Labute approximate surface area is 143 Å². The molecule has 0 bridgehead atoms. The highest BCUT2D eigenvalue weighted by Gasteiger charge is 2.33. The molecule has 7 nitrogen and oxygen atoms in total. The number of halogens is 2. The Morgan fingerprint density at radius 1 is 1.39 bits per heavy atom.